The Bertz CT molecular complexity index is 1090. The van der Waals surface area contributed by atoms with E-state index in [9.17, 15) is 7.85 Å². The highest BCUT2D eigenvalue weighted by Crippen LogP contribution is 2.53. The number of rotatable bonds is 4. The minimum atomic E-state index is -3.41. The van der Waals surface area contributed by atoms with Crippen molar-refractivity contribution in [1.82, 2.24) is 0 Å². The second-order valence-electron chi connectivity index (χ2n) is 6.35. The molecule has 2 nitrogen and oxygen atoms in total. The molecule has 0 fully saturated rings. The summed E-state index contributed by atoms with van der Waals surface area (Å²) in [6, 6.07) is -2.12. The summed E-state index contributed by atoms with van der Waals surface area (Å²) in [5, 5.41) is 11.1. The van der Waals surface area contributed by atoms with Crippen LogP contribution in [0.25, 0.3) is 0 Å². The molecule has 0 aromatic heterocycles. The van der Waals surface area contributed by atoms with Crippen LogP contribution in [-0.2, 0) is 6.42 Å². The van der Waals surface area contributed by atoms with Crippen molar-refractivity contribution >= 4 is 0 Å². The Morgan fingerprint density at radius 3 is 3.04 bits per heavy atom. The van der Waals surface area contributed by atoms with Crippen LogP contribution in [0.4, 0.5) is 0 Å². The molecule has 0 saturated heterocycles. The van der Waals surface area contributed by atoms with E-state index in [2.05, 4.69) is 0 Å². The fourth-order valence-corrected chi connectivity index (χ4v) is 2.88. The van der Waals surface area contributed by atoms with Crippen LogP contribution in [0, 0.1) is 5.89 Å². The van der Waals surface area contributed by atoms with E-state index in [4.69, 9.17) is 18.4 Å². The molecule has 2 aliphatic rings. The predicted octanol–water partition coefficient (Wildman–Crippen LogP) is 5.74. The molecule has 0 saturated carbocycles. The maximum absolute atomic E-state index is 11.1. The van der Waals surface area contributed by atoms with Gasteiger partial charge in [0.15, 0.2) is 0 Å². The molecule has 2 heteroatoms. The number of ether oxygens (including phenoxy) is 1. The monoisotopic (exact) mass is 326 g/mol. The van der Waals surface area contributed by atoms with E-state index in [1.807, 2.05) is 6.92 Å². The lowest BCUT2D eigenvalue weighted by molar-refractivity contribution is 0.0107. The lowest BCUT2D eigenvalue weighted by Crippen LogP contribution is -2.45. The van der Waals surface area contributed by atoms with Crippen molar-refractivity contribution in [2.45, 2.75) is 77.5 Å². The summed E-state index contributed by atoms with van der Waals surface area (Å²) in [5.74, 6) is -7.35. The van der Waals surface area contributed by atoms with Crippen molar-refractivity contribution in [2.24, 2.45) is 5.89 Å². The van der Waals surface area contributed by atoms with Gasteiger partial charge in [0.1, 0.15) is 17.1 Å². The van der Waals surface area contributed by atoms with Gasteiger partial charge < -0.3 is 9.84 Å². The van der Waals surface area contributed by atoms with E-state index >= 15 is 0 Å². The largest absolute Gasteiger partial charge is 0.507 e. The molecule has 0 bridgehead atoms. The Hall–Kier alpha value is -1.44. The number of hydrogen-bond donors (Lipinski definition) is 1. The third kappa shape index (κ3) is 3.13. The number of phenols is 1. The van der Waals surface area contributed by atoms with Crippen LogP contribution in [0.2, 0.25) is 0 Å². The number of allylic oxidation sites excluding steroid dienone is 2. The number of fused-ring (bicyclic) bond motifs is 3. The Morgan fingerprint density at radius 2 is 2.30 bits per heavy atom. The molecule has 1 N–H and O–H groups in total. The number of phenolic OH excluding ortho intramolecular Hbond substituents is 1. The van der Waals surface area contributed by atoms with Crippen molar-refractivity contribution in [1.29, 1.82) is 0 Å². The van der Waals surface area contributed by atoms with E-state index in [1.165, 1.54) is 13.8 Å². The molecule has 1 aliphatic heterocycles. The van der Waals surface area contributed by atoms with Gasteiger partial charge in [-0.15, -0.1) is 0 Å². The van der Waals surface area contributed by atoms with Crippen LogP contribution in [0.3, 0.4) is 0 Å². The standard InChI is InChI=1S/C21H30O2/c1-5-6-7-8-15-12-18(22)20-16-11-14(2)9-10-17(16)21(3,4)23-19(20)13-15/h11-13,16-17,22H,5-10H2,1-4H3/t16-,17-/m1/s1/i2D3,9D2,10D2,11D,12D,13D,16D,17D. The van der Waals surface area contributed by atoms with Gasteiger partial charge in [-0.2, -0.15) is 0 Å². The first-order valence-corrected chi connectivity index (χ1v) is 7.94. The molecule has 0 spiro atoms. The second-order valence-corrected chi connectivity index (χ2v) is 6.35. The Morgan fingerprint density at radius 1 is 1.48 bits per heavy atom. The van der Waals surface area contributed by atoms with Gasteiger partial charge >= 0.3 is 0 Å². The zero-order chi connectivity index (χ0) is 27.2. The molecule has 0 amide bonds. The minimum Gasteiger partial charge on any atom is -0.507 e. The number of unbranched alkanes of at least 4 members (excludes halogenated alkanes) is 2. The van der Waals surface area contributed by atoms with Crippen LogP contribution in [0.1, 0.15) is 93.1 Å². The third-order valence-electron chi connectivity index (χ3n) is 4.05. The summed E-state index contributed by atoms with van der Waals surface area (Å²) in [6.07, 6.45) is -4.30. The normalized spacial score (nSPS) is 44.5. The zero-order valence-electron chi connectivity index (χ0n) is 25.7. The Balaban J connectivity index is 2.55. The predicted molar refractivity (Wildman–Crippen MR) is 95.3 cm³/mol. The smallest absolute Gasteiger partial charge is 0.127 e. The quantitative estimate of drug-likeness (QED) is 0.565. The van der Waals surface area contributed by atoms with E-state index in [-0.39, 0.29) is 18.0 Å². The van der Waals surface area contributed by atoms with Crippen molar-refractivity contribution in [3.05, 3.63) is 34.8 Å². The van der Waals surface area contributed by atoms with Crippen molar-refractivity contribution in [2.75, 3.05) is 0 Å². The summed E-state index contributed by atoms with van der Waals surface area (Å²) in [5.41, 5.74) is -3.96. The van der Waals surface area contributed by atoms with E-state index in [0.717, 1.165) is 12.8 Å². The molecule has 0 radical (unpaired) electrons. The van der Waals surface area contributed by atoms with Gasteiger partial charge in [-0.25, -0.2) is 0 Å². The van der Waals surface area contributed by atoms with Crippen LogP contribution >= 0.6 is 0 Å². The summed E-state index contributed by atoms with van der Waals surface area (Å²) in [4.78, 5) is 0. The van der Waals surface area contributed by atoms with E-state index in [0.29, 0.717) is 6.42 Å². The van der Waals surface area contributed by atoms with Crippen molar-refractivity contribution in [3.8, 4) is 11.5 Å². The average molecular weight is 327 g/mol. The van der Waals surface area contributed by atoms with Crippen LogP contribution in [0.5, 0.6) is 11.5 Å². The van der Waals surface area contributed by atoms with Gasteiger partial charge in [-0.05, 0) is 63.9 Å². The molecule has 1 aliphatic carbocycles. The summed E-state index contributed by atoms with van der Waals surface area (Å²) in [6.45, 7) is 1.07. The highest BCUT2D eigenvalue weighted by atomic mass is 16.5. The molecule has 3 rings (SSSR count). The number of benzene rings is 1. The maximum atomic E-state index is 11.1. The molecule has 23 heavy (non-hydrogen) atoms. The second kappa shape index (κ2) is 6.22. The fourth-order valence-electron chi connectivity index (χ4n) is 2.88. The summed E-state index contributed by atoms with van der Waals surface area (Å²) >= 11 is 0. The first kappa shape index (κ1) is 7.21. The topological polar surface area (TPSA) is 29.5 Å². The lowest BCUT2D eigenvalue weighted by Gasteiger charge is -2.46. The molecular weight excluding hydrogens is 284 g/mol. The molecule has 1 heterocycles. The summed E-state index contributed by atoms with van der Waals surface area (Å²) in [7, 11) is 0. The Labute approximate surface area is 157 Å². The van der Waals surface area contributed by atoms with Crippen LogP contribution in [0.15, 0.2) is 23.7 Å². The molecule has 0 unspecified atom stereocenters. The molecule has 1 aromatic carbocycles. The first-order valence-electron chi connectivity index (χ1n) is 13.9. The van der Waals surface area contributed by atoms with E-state index in [1.54, 1.807) is 0 Å². The number of hydrogen-bond acceptors (Lipinski definition) is 2. The Kier molecular flexibility index (Phi) is 1.95. The first-order chi connectivity index (χ1) is 15.7. The highest BCUT2D eigenvalue weighted by Gasteiger charge is 2.45. The molecule has 1 aromatic rings. The average Bonchev–Trinajstić information content (AvgIpc) is 2.70. The van der Waals surface area contributed by atoms with Crippen LogP contribution in [-0.4, -0.2) is 10.7 Å². The zero-order valence-corrected chi connectivity index (χ0v) is 13.7. The van der Waals surface area contributed by atoms with Gasteiger partial charge in [-0.3, -0.25) is 0 Å². The maximum Gasteiger partial charge on any atom is 0.127 e. The summed E-state index contributed by atoms with van der Waals surface area (Å²) < 4.78 is 108. The van der Waals surface area contributed by atoms with Gasteiger partial charge in [0, 0.05) is 29.7 Å². The molecule has 2 atom stereocenters. The van der Waals surface area contributed by atoms with Crippen molar-refractivity contribution in [3.63, 3.8) is 0 Å². The number of aromatic hydroxyl groups is 1. The van der Waals surface area contributed by atoms with Crippen LogP contribution < -0.4 is 4.74 Å². The highest BCUT2D eigenvalue weighted by molar-refractivity contribution is 5.53. The van der Waals surface area contributed by atoms with E-state index < -0.39 is 71.7 Å². The van der Waals surface area contributed by atoms with Gasteiger partial charge in [0.2, 0.25) is 0 Å². The third-order valence-corrected chi connectivity index (χ3v) is 4.05. The van der Waals surface area contributed by atoms with Crippen molar-refractivity contribution < 1.29 is 26.3 Å². The molecule has 126 valence electrons. The minimum absolute atomic E-state index is 0.118. The van der Waals surface area contributed by atoms with Gasteiger partial charge in [-0.1, -0.05) is 31.4 Å². The molecular formula is C21H30O2. The fraction of sp³-hybridized carbons (Fsp3) is 0.619. The SMILES string of the molecule is [2H]C1=C(C([2H])([2H])[2H])C([2H])([2H])C([2H])([2H])[C@@]2([2H])C(C)(C)Oc3c([2H])c(CCCCC)c([2H])c(O)c3[C@]12[2H]. The van der Waals surface area contributed by atoms with Gasteiger partial charge in [0.05, 0.1) is 4.11 Å². The van der Waals surface area contributed by atoms with Gasteiger partial charge in [0.25, 0.3) is 0 Å². The lowest BCUT2D eigenvalue weighted by atomic mass is 9.68.